The maximum atomic E-state index is 12.3. The molecule has 0 saturated carbocycles. The molecular weight excluding hydrogens is 346 g/mol. The maximum absolute atomic E-state index is 12.3. The average molecular weight is 363 g/mol. The van der Waals surface area contributed by atoms with E-state index in [1.165, 1.54) is 29.2 Å². The lowest BCUT2D eigenvalue weighted by Gasteiger charge is -2.17. The Balaban J connectivity index is 1.65. The molecule has 7 heteroatoms. The van der Waals surface area contributed by atoms with Gasteiger partial charge in [-0.25, -0.2) is 4.79 Å². The summed E-state index contributed by atoms with van der Waals surface area (Å²) in [5, 5.41) is 10.7. The van der Waals surface area contributed by atoms with Crippen molar-refractivity contribution < 1.29 is 14.5 Å². The van der Waals surface area contributed by atoms with Gasteiger partial charge in [0, 0.05) is 38.1 Å². The summed E-state index contributed by atoms with van der Waals surface area (Å²) in [6, 6.07) is 17.0. The predicted molar refractivity (Wildman–Crippen MR) is 100 cm³/mol. The van der Waals surface area contributed by atoms with Crippen molar-refractivity contribution >= 4 is 11.8 Å². The summed E-state index contributed by atoms with van der Waals surface area (Å²) in [7, 11) is 1.63. The van der Waals surface area contributed by atoms with Crippen LogP contribution in [0.2, 0.25) is 0 Å². The summed E-state index contributed by atoms with van der Waals surface area (Å²) < 4.78 is 5.25. The molecular formula is C20H17N3O4. The number of ether oxygens (including phenoxy) is 1. The minimum absolute atomic E-state index is 0.0598. The number of amides is 1. The number of pyridine rings is 1. The highest BCUT2D eigenvalue weighted by atomic mass is 16.6. The number of nitrogens with zero attached hydrogens (tertiary/aromatic N) is 3. The van der Waals surface area contributed by atoms with E-state index in [-0.39, 0.29) is 11.4 Å². The topological polar surface area (TPSA) is 85.6 Å². The lowest BCUT2D eigenvalue weighted by molar-refractivity contribution is -0.384. The minimum atomic E-state index is -0.546. The number of nitro benzene ring substituents is 1. The molecule has 0 atom stereocenters. The van der Waals surface area contributed by atoms with Crippen LogP contribution in [0.15, 0.2) is 73.1 Å². The van der Waals surface area contributed by atoms with E-state index in [4.69, 9.17) is 4.74 Å². The van der Waals surface area contributed by atoms with Gasteiger partial charge in [-0.15, -0.1) is 0 Å². The standard InChI is InChI=1S/C20H17N3O4/c1-22(20(24)27-19-9-7-18(8-10-19)23(25)26)14-15-4-2-5-16(12-15)17-6-3-11-21-13-17/h2-13H,14H2,1H3. The van der Waals surface area contributed by atoms with E-state index >= 15 is 0 Å². The first kappa shape index (κ1) is 18.1. The van der Waals surface area contributed by atoms with Gasteiger partial charge in [0.05, 0.1) is 4.92 Å². The van der Waals surface area contributed by atoms with Crippen LogP contribution in [0.4, 0.5) is 10.5 Å². The normalized spacial score (nSPS) is 10.3. The monoisotopic (exact) mass is 363 g/mol. The van der Waals surface area contributed by atoms with E-state index in [0.717, 1.165) is 16.7 Å². The smallest absolute Gasteiger partial charge is 0.410 e. The van der Waals surface area contributed by atoms with Gasteiger partial charge in [-0.2, -0.15) is 0 Å². The fourth-order valence-corrected chi connectivity index (χ4v) is 2.54. The van der Waals surface area contributed by atoms with Gasteiger partial charge in [0.2, 0.25) is 0 Å². The molecule has 0 fully saturated rings. The van der Waals surface area contributed by atoms with Crippen molar-refractivity contribution in [1.29, 1.82) is 0 Å². The second kappa shape index (κ2) is 8.09. The number of rotatable bonds is 5. The number of benzene rings is 2. The first-order chi connectivity index (χ1) is 13.0. The van der Waals surface area contributed by atoms with Crippen LogP contribution >= 0.6 is 0 Å². The Hall–Kier alpha value is -3.74. The molecule has 1 heterocycles. The molecule has 27 heavy (non-hydrogen) atoms. The number of carbonyl (C=O) groups excluding carboxylic acids is 1. The summed E-state index contributed by atoms with van der Waals surface area (Å²) in [4.78, 5) is 28.0. The van der Waals surface area contributed by atoms with Gasteiger partial charge in [0.25, 0.3) is 5.69 Å². The van der Waals surface area contributed by atoms with Crippen LogP contribution in [0, 0.1) is 10.1 Å². The third-order valence-electron chi connectivity index (χ3n) is 3.91. The summed E-state index contributed by atoms with van der Waals surface area (Å²) in [5.74, 6) is 0.251. The third-order valence-corrected chi connectivity index (χ3v) is 3.91. The lowest BCUT2D eigenvalue weighted by atomic mass is 10.0. The molecule has 0 N–H and O–H groups in total. The number of carbonyl (C=O) groups is 1. The van der Waals surface area contributed by atoms with Crippen molar-refractivity contribution in [3.8, 4) is 16.9 Å². The fraction of sp³-hybridized carbons (Fsp3) is 0.100. The molecule has 0 aliphatic carbocycles. The third kappa shape index (κ3) is 4.66. The van der Waals surface area contributed by atoms with Gasteiger partial charge in [-0.3, -0.25) is 15.1 Å². The highest BCUT2D eigenvalue weighted by molar-refractivity contribution is 5.70. The van der Waals surface area contributed by atoms with E-state index in [2.05, 4.69) is 4.98 Å². The molecule has 0 unspecified atom stereocenters. The van der Waals surface area contributed by atoms with Crippen molar-refractivity contribution in [2.45, 2.75) is 6.54 Å². The predicted octanol–water partition coefficient (Wildman–Crippen LogP) is 4.29. The molecule has 0 saturated heterocycles. The molecule has 136 valence electrons. The molecule has 0 spiro atoms. The summed E-state index contributed by atoms with van der Waals surface area (Å²) in [6.07, 6.45) is 2.96. The van der Waals surface area contributed by atoms with Crippen LogP contribution < -0.4 is 4.74 Å². The molecule has 0 radical (unpaired) electrons. The van der Waals surface area contributed by atoms with Gasteiger partial charge in [0.1, 0.15) is 5.75 Å². The Labute approximate surface area is 156 Å². The molecule has 1 amide bonds. The Bertz CT molecular complexity index is 943. The van der Waals surface area contributed by atoms with Crippen LogP contribution in [0.1, 0.15) is 5.56 Å². The largest absolute Gasteiger partial charge is 0.415 e. The van der Waals surface area contributed by atoms with Gasteiger partial charge >= 0.3 is 6.09 Å². The van der Waals surface area contributed by atoms with Crippen LogP contribution in [-0.4, -0.2) is 27.9 Å². The summed E-state index contributed by atoms with van der Waals surface area (Å²) >= 11 is 0. The Morgan fingerprint density at radius 2 is 1.85 bits per heavy atom. The quantitative estimate of drug-likeness (QED) is 0.499. The van der Waals surface area contributed by atoms with Crippen molar-refractivity contribution in [2.75, 3.05) is 7.05 Å². The Morgan fingerprint density at radius 3 is 2.52 bits per heavy atom. The van der Waals surface area contributed by atoms with Crippen molar-refractivity contribution in [1.82, 2.24) is 9.88 Å². The molecule has 2 aromatic carbocycles. The minimum Gasteiger partial charge on any atom is -0.410 e. The average Bonchev–Trinajstić information content (AvgIpc) is 2.69. The molecule has 0 bridgehead atoms. The number of nitro groups is 1. The molecule has 1 aromatic heterocycles. The first-order valence-electron chi connectivity index (χ1n) is 8.19. The van der Waals surface area contributed by atoms with Crippen molar-refractivity contribution in [3.05, 3.63) is 88.7 Å². The van der Waals surface area contributed by atoms with Crippen molar-refractivity contribution in [2.24, 2.45) is 0 Å². The van der Waals surface area contributed by atoms with E-state index < -0.39 is 11.0 Å². The fourth-order valence-electron chi connectivity index (χ4n) is 2.54. The molecule has 3 rings (SSSR count). The Morgan fingerprint density at radius 1 is 1.11 bits per heavy atom. The lowest BCUT2D eigenvalue weighted by Crippen LogP contribution is -2.29. The Kier molecular flexibility index (Phi) is 5.41. The molecule has 3 aromatic rings. The number of aromatic nitrogens is 1. The molecule has 0 aliphatic rings. The molecule has 0 aliphatic heterocycles. The maximum Gasteiger partial charge on any atom is 0.415 e. The molecule has 7 nitrogen and oxygen atoms in total. The van der Waals surface area contributed by atoms with Crippen molar-refractivity contribution in [3.63, 3.8) is 0 Å². The van der Waals surface area contributed by atoms with Crippen LogP contribution in [0.3, 0.4) is 0 Å². The number of non-ortho nitro benzene ring substituents is 1. The number of hydrogen-bond acceptors (Lipinski definition) is 5. The second-order valence-electron chi connectivity index (χ2n) is 5.92. The van der Waals surface area contributed by atoms with E-state index in [1.54, 1.807) is 19.4 Å². The first-order valence-corrected chi connectivity index (χ1v) is 8.19. The van der Waals surface area contributed by atoms with Gasteiger partial charge in [0.15, 0.2) is 0 Å². The summed E-state index contributed by atoms with van der Waals surface area (Å²) in [6.45, 7) is 0.361. The zero-order valence-corrected chi connectivity index (χ0v) is 14.6. The zero-order valence-electron chi connectivity index (χ0n) is 14.6. The highest BCUT2D eigenvalue weighted by Gasteiger charge is 2.13. The van der Waals surface area contributed by atoms with Crippen LogP contribution in [0.5, 0.6) is 5.75 Å². The van der Waals surface area contributed by atoms with E-state index in [0.29, 0.717) is 6.54 Å². The van der Waals surface area contributed by atoms with Gasteiger partial charge in [-0.05, 0) is 41.0 Å². The zero-order chi connectivity index (χ0) is 19.2. The number of hydrogen-bond donors (Lipinski definition) is 0. The summed E-state index contributed by atoms with van der Waals surface area (Å²) in [5.41, 5.74) is 2.89. The van der Waals surface area contributed by atoms with Crippen LogP contribution in [-0.2, 0) is 6.54 Å². The van der Waals surface area contributed by atoms with E-state index in [9.17, 15) is 14.9 Å². The van der Waals surface area contributed by atoms with Gasteiger partial charge in [-0.1, -0.05) is 24.3 Å². The highest BCUT2D eigenvalue weighted by Crippen LogP contribution is 2.21. The second-order valence-corrected chi connectivity index (χ2v) is 5.92. The SMILES string of the molecule is CN(Cc1cccc(-c2cccnc2)c1)C(=O)Oc1ccc([N+](=O)[O-])cc1. The van der Waals surface area contributed by atoms with Crippen LogP contribution in [0.25, 0.3) is 11.1 Å². The van der Waals surface area contributed by atoms with E-state index in [1.807, 2.05) is 36.4 Å². The van der Waals surface area contributed by atoms with Gasteiger partial charge < -0.3 is 9.64 Å².